The van der Waals surface area contributed by atoms with Crippen LogP contribution >= 0.6 is 0 Å². The van der Waals surface area contributed by atoms with E-state index in [0.717, 1.165) is 43.8 Å². The highest BCUT2D eigenvalue weighted by molar-refractivity contribution is 6.05. The van der Waals surface area contributed by atoms with Crippen LogP contribution in [-0.2, 0) is 6.54 Å². The molecule has 0 saturated carbocycles. The van der Waals surface area contributed by atoms with Gasteiger partial charge in [-0.05, 0) is 43.6 Å². The molecule has 1 N–H and O–H groups in total. The molecule has 2 nitrogen and oxygen atoms in total. The van der Waals surface area contributed by atoms with E-state index in [0.29, 0.717) is 5.92 Å². The smallest absolute Gasteiger partial charge is 0.123 e. The van der Waals surface area contributed by atoms with Crippen LogP contribution in [0.5, 0.6) is 0 Å². The maximum absolute atomic E-state index is 13.2. The minimum absolute atomic E-state index is 0.151. The van der Waals surface area contributed by atoms with Crippen molar-refractivity contribution >= 4 is 5.71 Å². The van der Waals surface area contributed by atoms with E-state index in [4.69, 9.17) is 0 Å². The lowest BCUT2D eigenvalue weighted by Crippen LogP contribution is -2.31. The first kappa shape index (κ1) is 9.97. The number of fused-ring (bicyclic) bond motifs is 1. The number of halogens is 1. The third kappa shape index (κ3) is 1.65. The average molecular weight is 218 g/mol. The summed E-state index contributed by atoms with van der Waals surface area (Å²) in [7, 11) is 0. The standard InChI is InChI=1S/C13H15FN2/c14-11-2-1-10-8-16-13(12(10)7-11)9-3-5-15-6-4-9/h1-2,7,9,15H,3-6,8H2. The molecule has 1 aromatic rings. The van der Waals surface area contributed by atoms with Crippen molar-refractivity contribution in [1.82, 2.24) is 5.32 Å². The Morgan fingerprint density at radius 1 is 1.25 bits per heavy atom. The summed E-state index contributed by atoms with van der Waals surface area (Å²) in [6, 6.07) is 5.03. The molecule has 84 valence electrons. The van der Waals surface area contributed by atoms with Crippen LogP contribution in [0.2, 0.25) is 0 Å². The SMILES string of the molecule is Fc1ccc2c(c1)C(C1CCNCC1)=NC2. The van der Waals surface area contributed by atoms with Crippen LogP contribution in [0.4, 0.5) is 4.39 Å². The Balaban J connectivity index is 1.91. The second-order valence-electron chi connectivity index (χ2n) is 4.53. The quantitative estimate of drug-likeness (QED) is 0.767. The Labute approximate surface area is 94.6 Å². The predicted octanol–water partition coefficient (Wildman–Crippen LogP) is 2.13. The molecule has 0 spiro atoms. The highest BCUT2D eigenvalue weighted by atomic mass is 19.1. The van der Waals surface area contributed by atoms with E-state index >= 15 is 0 Å². The number of piperidine rings is 1. The van der Waals surface area contributed by atoms with E-state index in [1.54, 1.807) is 6.07 Å². The molecule has 0 aromatic heterocycles. The van der Waals surface area contributed by atoms with Crippen molar-refractivity contribution in [2.45, 2.75) is 19.4 Å². The zero-order valence-corrected chi connectivity index (χ0v) is 9.17. The molecular weight excluding hydrogens is 203 g/mol. The summed E-state index contributed by atoms with van der Waals surface area (Å²) >= 11 is 0. The third-order valence-electron chi connectivity index (χ3n) is 3.49. The normalized spacial score (nSPS) is 20.7. The molecule has 2 aliphatic rings. The van der Waals surface area contributed by atoms with Gasteiger partial charge in [0.2, 0.25) is 0 Å². The van der Waals surface area contributed by atoms with Crippen molar-refractivity contribution in [2.75, 3.05) is 13.1 Å². The van der Waals surface area contributed by atoms with Gasteiger partial charge < -0.3 is 5.32 Å². The first-order valence-corrected chi connectivity index (χ1v) is 5.88. The van der Waals surface area contributed by atoms with Gasteiger partial charge in [0, 0.05) is 17.2 Å². The van der Waals surface area contributed by atoms with Gasteiger partial charge in [-0.25, -0.2) is 4.39 Å². The van der Waals surface area contributed by atoms with Crippen LogP contribution in [-0.4, -0.2) is 18.8 Å². The molecule has 0 aliphatic carbocycles. The topological polar surface area (TPSA) is 24.4 Å². The Hall–Kier alpha value is -1.22. The van der Waals surface area contributed by atoms with Crippen LogP contribution in [0.15, 0.2) is 23.2 Å². The van der Waals surface area contributed by atoms with E-state index in [1.165, 1.54) is 11.6 Å². The molecule has 1 saturated heterocycles. The monoisotopic (exact) mass is 218 g/mol. The maximum Gasteiger partial charge on any atom is 0.123 e. The number of hydrogen-bond acceptors (Lipinski definition) is 2. The minimum Gasteiger partial charge on any atom is -0.317 e. The molecule has 1 fully saturated rings. The molecule has 2 aliphatic heterocycles. The summed E-state index contributed by atoms with van der Waals surface area (Å²) in [4.78, 5) is 4.59. The lowest BCUT2D eigenvalue weighted by atomic mass is 9.88. The second kappa shape index (κ2) is 3.98. The number of aliphatic imine (C=N–C) groups is 1. The van der Waals surface area contributed by atoms with Gasteiger partial charge >= 0.3 is 0 Å². The summed E-state index contributed by atoms with van der Waals surface area (Å²) in [5.74, 6) is 0.367. The highest BCUT2D eigenvalue weighted by Gasteiger charge is 2.25. The van der Waals surface area contributed by atoms with Crippen LogP contribution in [0.1, 0.15) is 24.0 Å². The first-order chi connectivity index (χ1) is 7.84. The molecule has 3 heteroatoms. The fourth-order valence-corrected chi connectivity index (χ4v) is 2.62. The molecule has 1 aromatic carbocycles. The van der Waals surface area contributed by atoms with Gasteiger partial charge in [-0.3, -0.25) is 4.99 Å². The summed E-state index contributed by atoms with van der Waals surface area (Å²) in [5.41, 5.74) is 3.36. The van der Waals surface area contributed by atoms with Crippen molar-refractivity contribution in [1.29, 1.82) is 0 Å². The molecule has 16 heavy (non-hydrogen) atoms. The molecule has 0 bridgehead atoms. The van der Waals surface area contributed by atoms with Crippen molar-refractivity contribution < 1.29 is 4.39 Å². The molecule has 0 amide bonds. The van der Waals surface area contributed by atoms with Crippen molar-refractivity contribution in [2.24, 2.45) is 10.9 Å². The second-order valence-corrected chi connectivity index (χ2v) is 4.53. The molecule has 2 heterocycles. The minimum atomic E-state index is -0.151. The summed E-state index contributed by atoms with van der Waals surface area (Å²) in [6.07, 6.45) is 2.24. The van der Waals surface area contributed by atoms with Gasteiger partial charge in [-0.2, -0.15) is 0 Å². The molecule has 3 rings (SSSR count). The zero-order chi connectivity index (χ0) is 11.0. The number of benzene rings is 1. The average Bonchev–Trinajstić information content (AvgIpc) is 2.73. The van der Waals surface area contributed by atoms with Crippen molar-refractivity contribution in [3.63, 3.8) is 0 Å². The van der Waals surface area contributed by atoms with Crippen LogP contribution in [0.25, 0.3) is 0 Å². The summed E-state index contributed by atoms with van der Waals surface area (Å²) in [5, 5.41) is 3.34. The largest absolute Gasteiger partial charge is 0.317 e. The van der Waals surface area contributed by atoms with Crippen molar-refractivity contribution in [3.05, 3.63) is 35.1 Å². The number of nitrogens with zero attached hydrogens (tertiary/aromatic N) is 1. The highest BCUT2D eigenvalue weighted by Crippen LogP contribution is 2.27. The lowest BCUT2D eigenvalue weighted by molar-refractivity contribution is 0.457. The molecule has 0 radical (unpaired) electrons. The molecule has 0 atom stereocenters. The number of hydrogen-bond donors (Lipinski definition) is 1. The predicted molar refractivity (Wildman–Crippen MR) is 62.2 cm³/mol. The Kier molecular flexibility index (Phi) is 2.48. The van der Waals surface area contributed by atoms with Gasteiger partial charge in [0.1, 0.15) is 5.82 Å². The van der Waals surface area contributed by atoms with Crippen LogP contribution < -0.4 is 5.32 Å². The van der Waals surface area contributed by atoms with Crippen LogP contribution in [0, 0.1) is 11.7 Å². The van der Waals surface area contributed by atoms with Gasteiger partial charge in [0.15, 0.2) is 0 Å². The van der Waals surface area contributed by atoms with Crippen molar-refractivity contribution in [3.8, 4) is 0 Å². The van der Waals surface area contributed by atoms with Gasteiger partial charge in [0.25, 0.3) is 0 Å². The van der Waals surface area contributed by atoms with Crippen LogP contribution in [0.3, 0.4) is 0 Å². The lowest BCUT2D eigenvalue weighted by Gasteiger charge is -2.23. The maximum atomic E-state index is 13.2. The van der Waals surface area contributed by atoms with Gasteiger partial charge in [-0.1, -0.05) is 6.07 Å². The fourth-order valence-electron chi connectivity index (χ4n) is 2.62. The third-order valence-corrected chi connectivity index (χ3v) is 3.49. The van der Waals surface area contributed by atoms with Gasteiger partial charge in [-0.15, -0.1) is 0 Å². The van der Waals surface area contributed by atoms with E-state index in [2.05, 4.69) is 10.3 Å². The Morgan fingerprint density at radius 3 is 2.88 bits per heavy atom. The van der Waals surface area contributed by atoms with E-state index < -0.39 is 0 Å². The molecule has 0 unspecified atom stereocenters. The van der Waals surface area contributed by atoms with E-state index in [1.807, 2.05) is 6.07 Å². The first-order valence-electron chi connectivity index (χ1n) is 5.88. The number of rotatable bonds is 1. The Bertz CT molecular complexity index is 434. The molecular formula is C13H15FN2. The summed E-state index contributed by atoms with van der Waals surface area (Å²) in [6.45, 7) is 2.83. The van der Waals surface area contributed by atoms with Gasteiger partial charge in [0.05, 0.1) is 6.54 Å². The summed E-state index contributed by atoms with van der Waals surface area (Å²) < 4.78 is 13.2. The van der Waals surface area contributed by atoms with E-state index in [9.17, 15) is 4.39 Å². The number of nitrogens with one attached hydrogen (secondary N) is 1. The fraction of sp³-hybridized carbons (Fsp3) is 0.462. The Morgan fingerprint density at radius 2 is 2.06 bits per heavy atom. The zero-order valence-electron chi connectivity index (χ0n) is 9.17. The van der Waals surface area contributed by atoms with E-state index in [-0.39, 0.29) is 5.82 Å².